The Bertz CT molecular complexity index is 466. The first-order valence-electron chi connectivity index (χ1n) is 6.02. The molecule has 0 fully saturated rings. The SMILES string of the molecule is CC(CCN)CNCc1ccc2ncoc2c1. The number of nitrogens with two attached hydrogens (primary N) is 1. The fourth-order valence-electron chi connectivity index (χ4n) is 1.86. The topological polar surface area (TPSA) is 64.1 Å². The maximum atomic E-state index is 5.52. The third kappa shape index (κ3) is 3.28. The van der Waals surface area contributed by atoms with Gasteiger partial charge < -0.3 is 15.5 Å². The van der Waals surface area contributed by atoms with E-state index in [0.717, 1.165) is 37.2 Å². The molecular formula is C13H19N3O. The Hall–Kier alpha value is -1.39. The van der Waals surface area contributed by atoms with Crippen LogP contribution in [0.5, 0.6) is 0 Å². The van der Waals surface area contributed by atoms with Gasteiger partial charge in [-0.25, -0.2) is 4.98 Å². The van der Waals surface area contributed by atoms with Crippen LogP contribution in [0.4, 0.5) is 0 Å². The van der Waals surface area contributed by atoms with Crippen molar-refractivity contribution in [2.75, 3.05) is 13.1 Å². The lowest BCUT2D eigenvalue weighted by Gasteiger charge is -2.11. The molecule has 0 aliphatic heterocycles. The minimum Gasteiger partial charge on any atom is -0.443 e. The van der Waals surface area contributed by atoms with Crippen LogP contribution < -0.4 is 11.1 Å². The van der Waals surface area contributed by atoms with Gasteiger partial charge in [0.2, 0.25) is 0 Å². The summed E-state index contributed by atoms with van der Waals surface area (Å²) in [7, 11) is 0. The van der Waals surface area contributed by atoms with Gasteiger partial charge in [-0.05, 0) is 43.1 Å². The monoisotopic (exact) mass is 233 g/mol. The van der Waals surface area contributed by atoms with Crippen molar-refractivity contribution < 1.29 is 4.42 Å². The quantitative estimate of drug-likeness (QED) is 0.800. The van der Waals surface area contributed by atoms with Crippen molar-refractivity contribution in [3.05, 3.63) is 30.2 Å². The second-order valence-corrected chi connectivity index (χ2v) is 4.47. The second kappa shape index (κ2) is 5.80. The Morgan fingerprint density at radius 1 is 1.47 bits per heavy atom. The number of aromatic nitrogens is 1. The number of nitrogens with zero attached hydrogens (tertiary/aromatic N) is 1. The number of rotatable bonds is 6. The average Bonchev–Trinajstić information content (AvgIpc) is 2.76. The van der Waals surface area contributed by atoms with Crippen molar-refractivity contribution in [3.63, 3.8) is 0 Å². The minimum atomic E-state index is 0.619. The Labute approximate surface area is 101 Å². The minimum absolute atomic E-state index is 0.619. The first kappa shape index (κ1) is 12.1. The normalized spacial score (nSPS) is 13.1. The zero-order chi connectivity index (χ0) is 12.1. The van der Waals surface area contributed by atoms with Crippen molar-refractivity contribution in [2.45, 2.75) is 19.9 Å². The van der Waals surface area contributed by atoms with E-state index in [1.807, 2.05) is 12.1 Å². The Kier molecular flexibility index (Phi) is 4.12. The smallest absolute Gasteiger partial charge is 0.181 e. The van der Waals surface area contributed by atoms with Gasteiger partial charge >= 0.3 is 0 Å². The summed E-state index contributed by atoms with van der Waals surface area (Å²) in [6.07, 6.45) is 2.54. The summed E-state index contributed by atoms with van der Waals surface area (Å²) in [5.41, 5.74) is 8.49. The van der Waals surface area contributed by atoms with Crippen molar-refractivity contribution in [2.24, 2.45) is 11.7 Å². The van der Waals surface area contributed by atoms with Crippen LogP contribution in [0.3, 0.4) is 0 Å². The molecular weight excluding hydrogens is 214 g/mol. The maximum absolute atomic E-state index is 5.52. The van der Waals surface area contributed by atoms with Crippen LogP contribution in [-0.2, 0) is 6.54 Å². The molecule has 0 radical (unpaired) electrons. The van der Waals surface area contributed by atoms with E-state index < -0.39 is 0 Å². The Morgan fingerprint density at radius 3 is 3.18 bits per heavy atom. The summed E-state index contributed by atoms with van der Waals surface area (Å²) in [6.45, 7) is 4.81. The van der Waals surface area contributed by atoms with E-state index in [1.54, 1.807) is 0 Å². The highest BCUT2D eigenvalue weighted by Crippen LogP contribution is 2.14. The summed E-state index contributed by atoms with van der Waals surface area (Å²) >= 11 is 0. The molecule has 0 saturated heterocycles. The fourth-order valence-corrected chi connectivity index (χ4v) is 1.86. The number of hydrogen-bond acceptors (Lipinski definition) is 4. The zero-order valence-electron chi connectivity index (χ0n) is 10.1. The zero-order valence-corrected chi connectivity index (χ0v) is 10.1. The van der Waals surface area contributed by atoms with Crippen LogP contribution in [0.15, 0.2) is 29.0 Å². The molecule has 0 amide bonds. The van der Waals surface area contributed by atoms with E-state index in [4.69, 9.17) is 10.2 Å². The van der Waals surface area contributed by atoms with Gasteiger partial charge in [-0.15, -0.1) is 0 Å². The molecule has 17 heavy (non-hydrogen) atoms. The molecule has 4 heteroatoms. The molecule has 1 aromatic heterocycles. The van der Waals surface area contributed by atoms with E-state index in [1.165, 1.54) is 12.0 Å². The molecule has 0 aliphatic carbocycles. The van der Waals surface area contributed by atoms with Crippen LogP contribution in [0.25, 0.3) is 11.1 Å². The van der Waals surface area contributed by atoms with Crippen molar-refractivity contribution >= 4 is 11.1 Å². The van der Waals surface area contributed by atoms with Crippen LogP contribution in [0, 0.1) is 5.92 Å². The number of nitrogens with one attached hydrogen (secondary N) is 1. The van der Waals surface area contributed by atoms with Crippen LogP contribution >= 0.6 is 0 Å². The van der Waals surface area contributed by atoms with Crippen LogP contribution in [0.1, 0.15) is 18.9 Å². The number of hydrogen-bond donors (Lipinski definition) is 2. The Morgan fingerprint density at radius 2 is 2.35 bits per heavy atom. The second-order valence-electron chi connectivity index (χ2n) is 4.47. The highest BCUT2D eigenvalue weighted by atomic mass is 16.3. The molecule has 1 aromatic carbocycles. The number of oxazole rings is 1. The number of benzene rings is 1. The van der Waals surface area contributed by atoms with Crippen molar-refractivity contribution in [3.8, 4) is 0 Å². The molecule has 0 saturated carbocycles. The number of fused-ring (bicyclic) bond motifs is 1. The highest BCUT2D eigenvalue weighted by molar-refractivity contribution is 5.72. The lowest BCUT2D eigenvalue weighted by atomic mass is 10.1. The lowest BCUT2D eigenvalue weighted by Crippen LogP contribution is -2.22. The summed E-state index contributed by atoms with van der Waals surface area (Å²) in [5, 5.41) is 3.43. The summed E-state index contributed by atoms with van der Waals surface area (Å²) in [5.74, 6) is 0.619. The van der Waals surface area contributed by atoms with E-state index in [2.05, 4.69) is 23.3 Å². The molecule has 0 bridgehead atoms. The van der Waals surface area contributed by atoms with Crippen molar-refractivity contribution in [1.29, 1.82) is 0 Å². The molecule has 0 aliphatic rings. The summed E-state index contributed by atoms with van der Waals surface area (Å²) < 4.78 is 5.27. The molecule has 1 heterocycles. The van der Waals surface area contributed by atoms with Gasteiger partial charge in [-0.3, -0.25) is 0 Å². The molecule has 92 valence electrons. The largest absolute Gasteiger partial charge is 0.443 e. The molecule has 1 atom stereocenters. The predicted molar refractivity (Wildman–Crippen MR) is 68.6 cm³/mol. The van der Waals surface area contributed by atoms with Crippen LogP contribution in [-0.4, -0.2) is 18.1 Å². The van der Waals surface area contributed by atoms with Gasteiger partial charge in [0.05, 0.1) is 0 Å². The predicted octanol–water partition coefficient (Wildman–Crippen LogP) is 1.90. The van der Waals surface area contributed by atoms with Crippen molar-refractivity contribution in [1.82, 2.24) is 10.3 Å². The third-order valence-corrected chi connectivity index (χ3v) is 2.88. The molecule has 1 unspecified atom stereocenters. The maximum Gasteiger partial charge on any atom is 0.181 e. The van der Waals surface area contributed by atoms with Crippen LogP contribution in [0.2, 0.25) is 0 Å². The van der Waals surface area contributed by atoms with Gasteiger partial charge in [0.25, 0.3) is 0 Å². The summed E-state index contributed by atoms with van der Waals surface area (Å²) in [4.78, 5) is 4.09. The third-order valence-electron chi connectivity index (χ3n) is 2.88. The van der Waals surface area contributed by atoms with E-state index in [9.17, 15) is 0 Å². The first-order chi connectivity index (χ1) is 8.29. The molecule has 4 nitrogen and oxygen atoms in total. The van der Waals surface area contributed by atoms with E-state index >= 15 is 0 Å². The first-order valence-corrected chi connectivity index (χ1v) is 6.02. The lowest BCUT2D eigenvalue weighted by molar-refractivity contribution is 0.486. The van der Waals surface area contributed by atoms with Gasteiger partial charge in [-0.1, -0.05) is 13.0 Å². The van der Waals surface area contributed by atoms with Gasteiger partial charge in [0.1, 0.15) is 5.52 Å². The molecule has 2 rings (SSSR count). The van der Waals surface area contributed by atoms with E-state index in [-0.39, 0.29) is 0 Å². The van der Waals surface area contributed by atoms with E-state index in [0.29, 0.717) is 5.92 Å². The van der Waals surface area contributed by atoms with Gasteiger partial charge in [-0.2, -0.15) is 0 Å². The molecule has 3 N–H and O–H groups in total. The highest BCUT2D eigenvalue weighted by Gasteiger charge is 2.02. The fraction of sp³-hybridized carbons (Fsp3) is 0.462. The van der Waals surface area contributed by atoms with Gasteiger partial charge in [0.15, 0.2) is 12.0 Å². The molecule has 2 aromatic rings. The molecule has 0 spiro atoms. The average molecular weight is 233 g/mol. The van der Waals surface area contributed by atoms with Gasteiger partial charge in [0, 0.05) is 6.54 Å². The Balaban J connectivity index is 1.86. The summed E-state index contributed by atoms with van der Waals surface area (Å²) in [6, 6.07) is 6.09. The standard InChI is InChI=1S/C13H19N3O/c1-10(4-5-14)7-15-8-11-2-3-12-13(6-11)17-9-16-12/h2-3,6,9-10,15H,4-5,7-8,14H2,1H3.